The Balaban J connectivity index is 1.63. The normalized spacial score (nSPS) is 23.3. The number of aromatic amines is 1. The third-order valence-corrected chi connectivity index (χ3v) is 5.46. The largest absolute Gasteiger partial charge is 0.331 e. The lowest BCUT2D eigenvalue weighted by molar-refractivity contribution is 0.0633. The van der Waals surface area contributed by atoms with Gasteiger partial charge in [0.15, 0.2) is 0 Å². The summed E-state index contributed by atoms with van der Waals surface area (Å²) in [5, 5.41) is 10.6. The first-order valence-corrected chi connectivity index (χ1v) is 8.89. The van der Waals surface area contributed by atoms with Crippen molar-refractivity contribution in [2.75, 3.05) is 13.1 Å². The molecule has 0 aliphatic carbocycles. The van der Waals surface area contributed by atoms with Crippen molar-refractivity contribution < 1.29 is 4.79 Å². The molecule has 1 aromatic heterocycles. The second-order valence-corrected chi connectivity index (χ2v) is 6.86. The van der Waals surface area contributed by atoms with Gasteiger partial charge in [0, 0.05) is 25.0 Å². The number of hydrogen-bond donors (Lipinski definition) is 2. The Hall–Kier alpha value is -2.14. The van der Waals surface area contributed by atoms with Crippen molar-refractivity contribution in [3.05, 3.63) is 52.8 Å². The van der Waals surface area contributed by atoms with E-state index in [0.717, 1.165) is 43.6 Å². The smallest absolute Gasteiger partial charge is 0.257 e. The molecule has 2 atom stereocenters. The standard InChI is InChI=1S/C19H24N4O/c1-2-16-9-13-5-3-4-6-15(13)12-23(16)19(24)17-11-21-22-18(17)14-7-8-20-10-14/h3-6,11,14,16,20H,2,7-10,12H2,1H3,(H,21,22). The molecule has 2 aromatic rings. The second kappa shape index (κ2) is 6.40. The number of rotatable bonds is 3. The van der Waals surface area contributed by atoms with Crippen LogP contribution in [0.25, 0.3) is 0 Å². The van der Waals surface area contributed by atoms with Crippen LogP contribution in [-0.4, -0.2) is 40.1 Å². The Kier molecular flexibility index (Phi) is 4.10. The number of hydrogen-bond acceptors (Lipinski definition) is 3. The van der Waals surface area contributed by atoms with E-state index in [2.05, 4.69) is 46.7 Å². The van der Waals surface area contributed by atoms with Gasteiger partial charge in [-0.25, -0.2) is 0 Å². The van der Waals surface area contributed by atoms with Gasteiger partial charge in [0.05, 0.1) is 17.5 Å². The summed E-state index contributed by atoms with van der Waals surface area (Å²) in [5.74, 6) is 0.482. The lowest BCUT2D eigenvalue weighted by atomic mass is 9.91. The minimum Gasteiger partial charge on any atom is -0.331 e. The van der Waals surface area contributed by atoms with Gasteiger partial charge in [0.2, 0.25) is 0 Å². The van der Waals surface area contributed by atoms with Crippen LogP contribution in [0.3, 0.4) is 0 Å². The summed E-state index contributed by atoms with van der Waals surface area (Å²) >= 11 is 0. The predicted octanol–water partition coefficient (Wildman–Crippen LogP) is 2.46. The minimum atomic E-state index is 0.118. The maximum Gasteiger partial charge on any atom is 0.257 e. The molecule has 1 saturated heterocycles. The van der Waals surface area contributed by atoms with Crippen LogP contribution in [-0.2, 0) is 13.0 Å². The zero-order valence-corrected chi connectivity index (χ0v) is 14.1. The van der Waals surface area contributed by atoms with Crippen molar-refractivity contribution in [1.29, 1.82) is 0 Å². The Bertz CT molecular complexity index is 732. The van der Waals surface area contributed by atoms with E-state index in [0.29, 0.717) is 12.5 Å². The molecule has 2 aliphatic rings. The zero-order valence-electron chi connectivity index (χ0n) is 14.1. The van der Waals surface area contributed by atoms with Crippen molar-refractivity contribution >= 4 is 5.91 Å². The summed E-state index contributed by atoms with van der Waals surface area (Å²) in [6, 6.07) is 8.73. The molecule has 126 valence electrons. The van der Waals surface area contributed by atoms with Gasteiger partial charge in [-0.1, -0.05) is 31.2 Å². The number of carbonyl (C=O) groups excluding carboxylic acids is 1. The summed E-state index contributed by atoms with van der Waals surface area (Å²) in [6.07, 6.45) is 4.68. The number of amides is 1. The number of carbonyl (C=O) groups is 1. The van der Waals surface area contributed by atoms with Gasteiger partial charge in [-0.2, -0.15) is 5.10 Å². The number of nitrogens with zero attached hydrogens (tertiary/aromatic N) is 2. The van der Waals surface area contributed by atoms with Crippen molar-refractivity contribution in [2.24, 2.45) is 0 Å². The fraction of sp³-hybridized carbons (Fsp3) is 0.474. The molecular weight excluding hydrogens is 300 g/mol. The summed E-state index contributed by atoms with van der Waals surface area (Å²) in [4.78, 5) is 15.3. The SMILES string of the molecule is CCC1Cc2ccccc2CN1C(=O)c1cn[nH]c1C1CCNC1. The molecule has 0 saturated carbocycles. The molecule has 2 unspecified atom stereocenters. The highest BCUT2D eigenvalue weighted by Crippen LogP contribution is 2.29. The number of H-pyrrole nitrogens is 1. The van der Waals surface area contributed by atoms with Gasteiger partial charge >= 0.3 is 0 Å². The van der Waals surface area contributed by atoms with Gasteiger partial charge in [-0.3, -0.25) is 9.89 Å². The summed E-state index contributed by atoms with van der Waals surface area (Å²) < 4.78 is 0. The maximum absolute atomic E-state index is 13.3. The monoisotopic (exact) mass is 324 g/mol. The Morgan fingerprint density at radius 3 is 2.92 bits per heavy atom. The number of benzene rings is 1. The molecule has 5 nitrogen and oxygen atoms in total. The topological polar surface area (TPSA) is 61.0 Å². The Morgan fingerprint density at radius 1 is 1.33 bits per heavy atom. The van der Waals surface area contributed by atoms with Crippen LogP contribution in [0.2, 0.25) is 0 Å². The Morgan fingerprint density at radius 2 is 2.17 bits per heavy atom. The van der Waals surface area contributed by atoms with Gasteiger partial charge in [-0.05, 0) is 36.9 Å². The fourth-order valence-corrected chi connectivity index (χ4v) is 4.02. The molecule has 0 spiro atoms. The quantitative estimate of drug-likeness (QED) is 0.912. The maximum atomic E-state index is 13.3. The van der Waals surface area contributed by atoms with Crippen LogP contribution in [0.15, 0.2) is 30.5 Å². The van der Waals surface area contributed by atoms with E-state index in [1.807, 2.05) is 4.90 Å². The van der Waals surface area contributed by atoms with Gasteiger partial charge < -0.3 is 10.2 Å². The molecule has 24 heavy (non-hydrogen) atoms. The highest BCUT2D eigenvalue weighted by atomic mass is 16.2. The first-order valence-electron chi connectivity index (χ1n) is 8.89. The van der Waals surface area contributed by atoms with E-state index in [1.54, 1.807) is 6.20 Å². The highest BCUT2D eigenvalue weighted by Gasteiger charge is 2.32. The molecule has 1 amide bonds. The molecule has 4 rings (SSSR count). The van der Waals surface area contributed by atoms with Crippen molar-refractivity contribution in [3.8, 4) is 0 Å². The molecular formula is C19H24N4O. The van der Waals surface area contributed by atoms with Gasteiger partial charge in [0.25, 0.3) is 5.91 Å². The third kappa shape index (κ3) is 2.63. The third-order valence-electron chi connectivity index (χ3n) is 5.46. The molecule has 2 N–H and O–H groups in total. The van der Waals surface area contributed by atoms with Crippen LogP contribution < -0.4 is 5.32 Å². The molecule has 3 heterocycles. The van der Waals surface area contributed by atoms with Crippen molar-refractivity contribution in [2.45, 2.75) is 44.7 Å². The van der Waals surface area contributed by atoms with Crippen LogP contribution in [0.4, 0.5) is 0 Å². The second-order valence-electron chi connectivity index (χ2n) is 6.86. The first kappa shape index (κ1) is 15.4. The minimum absolute atomic E-state index is 0.118. The summed E-state index contributed by atoms with van der Waals surface area (Å²) in [5.41, 5.74) is 4.39. The molecule has 5 heteroatoms. The Labute approximate surface area is 142 Å². The molecule has 0 radical (unpaired) electrons. The van der Waals surface area contributed by atoms with E-state index in [-0.39, 0.29) is 11.9 Å². The predicted molar refractivity (Wildman–Crippen MR) is 92.9 cm³/mol. The van der Waals surface area contributed by atoms with Crippen LogP contribution in [0.1, 0.15) is 52.9 Å². The summed E-state index contributed by atoms with van der Waals surface area (Å²) in [7, 11) is 0. The first-order chi connectivity index (χ1) is 11.8. The molecule has 2 aliphatic heterocycles. The number of fused-ring (bicyclic) bond motifs is 1. The summed E-state index contributed by atoms with van der Waals surface area (Å²) in [6.45, 7) is 4.78. The van der Waals surface area contributed by atoms with Gasteiger partial charge in [0.1, 0.15) is 0 Å². The van der Waals surface area contributed by atoms with Crippen LogP contribution in [0, 0.1) is 0 Å². The molecule has 0 bridgehead atoms. The number of aromatic nitrogens is 2. The molecule has 1 fully saturated rings. The van der Waals surface area contributed by atoms with E-state index < -0.39 is 0 Å². The highest BCUT2D eigenvalue weighted by molar-refractivity contribution is 5.95. The average Bonchev–Trinajstić information content (AvgIpc) is 3.30. The number of nitrogens with one attached hydrogen (secondary N) is 2. The van der Waals surface area contributed by atoms with Crippen LogP contribution in [0.5, 0.6) is 0 Å². The van der Waals surface area contributed by atoms with Crippen molar-refractivity contribution in [3.63, 3.8) is 0 Å². The fourth-order valence-electron chi connectivity index (χ4n) is 4.02. The lowest BCUT2D eigenvalue weighted by Crippen LogP contribution is -2.44. The molecule has 1 aromatic carbocycles. The van der Waals surface area contributed by atoms with Crippen molar-refractivity contribution in [1.82, 2.24) is 20.4 Å². The lowest BCUT2D eigenvalue weighted by Gasteiger charge is -2.36. The average molecular weight is 324 g/mol. The van der Waals surface area contributed by atoms with E-state index >= 15 is 0 Å². The van der Waals surface area contributed by atoms with Crippen LogP contribution >= 0.6 is 0 Å². The van der Waals surface area contributed by atoms with E-state index in [4.69, 9.17) is 0 Å². The van der Waals surface area contributed by atoms with E-state index in [9.17, 15) is 4.79 Å². The van der Waals surface area contributed by atoms with E-state index in [1.165, 1.54) is 11.1 Å². The van der Waals surface area contributed by atoms with Gasteiger partial charge in [-0.15, -0.1) is 0 Å². The zero-order chi connectivity index (χ0) is 16.5.